The van der Waals surface area contributed by atoms with Gasteiger partial charge in [-0.15, -0.1) is 5.10 Å². The van der Waals surface area contributed by atoms with Crippen molar-refractivity contribution >= 4 is 17.5 Å². The van der Waals surface area contributed by atoms with E-state index in [9.17, 15) is 0 Å². The zero-order valence-corrected chi connectivity index (χ0v) is 14.5. The van der Waals surface area contributed by atoms with Gasteiger partial charge in [-0.25, -0.2) is 0 Å². The maximum Gasteiger partial charge on any atom is 0.247 e. The van der Waals surface area contributed by atoms with Gasteiger partial charge in [-0.1, -0.05) is 18.2 Å². The van der Waals surface area contributed by atoms with E-state index in [1.807, 2.05) is 18.2 Å². The first-order valence-corrected chi connectivity index (χ1v) is 8.76. The summed E-state index contributed by atoms with van der Waals surface area (Å²) in [6.07, 6.45) is 5.23. The second kappa shape index (κ2) is 7.77. The van der Waals surface area contributed by atoms with E-state index in [2.05, 4.69) is 59.5 Å². The fourth-order valence-corrected chi connectivity index (χ4v) is 3.01. The van der Waals surface area contributed by atoms with Crippen molar-refractivity contribution in [2.75, 3.05) is 41.3 Å². The van der Waals surface area contributed by atoms with E-state index in [-0.39, 0.29) is 0 Å². The van der Waals surface area contributed by atoms with E-state index in [0.717, 1.165) is 37.6 Å². The van der Waals surface area contributed by atoms with Crippen LogP contribution in [0, 0.1) is 0 Å². The van der Waals surface area contributed by atoms with Crippen LogP contribution in [0.15, 0.2) is 61.1 Å². The van der Waals surface area contributed by atoms with E-state index < -0.39 is 0 Å². The first kappa shape index (κ1) is 16.3. The van der Waals surface area contributed by atoms with Gasteiger partial charge >= 0.3 is 0 Å². The SMILES string of the molecule is c1ccc(N2CCN(c3nncc(NCc4ccncc4)n3)CC2)cc1. The fourth-order valence-electron chi connectivity index (χ4n) is 3.01. The maximum atomic E-state index is 4.62. The first-order chi connectivity index (χ1) is 12.9. The lowest BCUT2D eigenvalue weighted by Crippen LogP contribution is -2.47. The van der Waals surface area contributed by atoms with Crippen LogP contribution in [0.1, 0.15) is 5.56 Å². The Morgan fingerprint density at radius 3 is 2.38 bits per heavy atom. The fraction of sp³-hybridized carbons (Fsp3) is 0.263. The minimum Gasteiger partial charge on any atom is -0.368 e. The third-order valence-corrected chi connectivity index (χ3v) is 4.45. The minimum absolute atomic E-state index is 0.678. The summed E-state index contributed by atoms with van der Waals surface area (Å²) in [4.78, 5) is 13.2. The molecule has 132 valence electrons. The molecule has 0 saturated carbocycles. The van der Waals surface area contributed by atoms with E-state index >= 15 is 0 Å². The molecule has 0 spiro atoms. The number of benzene rings is 1. The largest absolute Gasteiger partial charge is 0.368 e. The standard InChI is InChI=1S/C19H21N7/c1-2-4-17(5-3-1)25-10-12-26(13-11-25)19-23-18(15-22-24-19)21-14-16-6-8-20-9-7-16/h1-9,15H,10-14H2,(H,21,23,24). The van der Waals surface area contributed by atoms with Crippen LogP contribution in [0.4, 0.5) is 17.5 Å². The van der Waals surface area contributed by atoms with Gasteiger partial charge < -0.3 is 15.1 Å². The van der Waals surface area contributed by atoms with Crippen LogP contribution in [-0.4, -0.2) is 46.3 Å². The molecule has 2 aromatic heterocycles. The van der Waals surface area contributed by atoms with Gasteiger partial charge in [0.1, 0.15) is 0 Å². The van der Waals surface area contributed by atoms with Crippen LogP contribution in [-0.2, 0) is 6.54 Å². The zero-order valence-electron chi connectivity index (χ0n) is 14.5. The Bertz CT molecular complexity index is 818. The summed E-state index contributed by atoms with van der Waals surface area (Å²) in [7, 11) is 0. The second-order valence-corrected chi connectivity index (χ2v) is 6.16. The minimum atomic E-state index is 0.678. The van der Waals surface area contributed by atoms with E-state index in [0.29, 0.717) is 12.5 Å². The maximum absolute atomic E-state index is 4.62. The predicted molar refractivity (Wildman–Crippen MR) is 102 cm³/mol. The van der Waals surface area contributed by atoms with Crippen LogP contribution in [0.25, 0.3) is 0 Å². The van der Waals surface area contributed by atoms with Gasteiger partial charge in [0, 0.05) is 50.8 Å². The van der Waals surface area contributed by atoms with E-state index in [4.69, 9.17) is 0 Å². The lowest BCUT2D eigenvalue weighted by molar-refractivity contribution is 0.635. The smallest absolute Gasteiger partial charge is 0.247 e. The highest BCUT2D eigenvalue weighted by Crippen LogP contribution is 2.18. The molecule has 1 saturated heterocycles. The number of para-hydroxylation sites is 1. The number of hydrogen-bond donors (Lipinski definition) is 1. The molecule has 0 unspecified atom stereocenters. The summed E-state index contributed by atoms with van der Waals surface area (Å²) in [6, 6.07) is 14.5. The van der Waals surface area contributed by atoms with Crippen molar-refractivity contribution in [2.45, 2.75) is 6.54 Å². The van der Waals surface area contributed by atoms with Crippen LogP contribution >= 0.6 is 0 Å². The molecule has 1 fully saturated rings. The predicted octanol–water partition coefficient (Wildman–Crippen LogP) is 2.21. The average molecular weight is 347 g/mol. The van der Waals surface area contributed by atoms with E-state index in [1.54, 1.807) is 18.6 Å². The number of anilines is 3. The third kappa shape index (κ3) is 3.88. The molecule has 26 heavy (non-hydrogen) atoms. The molecule has 0 aliphatic carbocycles. The highest BCUT2D eigenvalue weighted by Gasteiger charge is 2.19. The highest BCUT2D eigenvalue weighted by atomic mass is 15.4. The Morgan fingerprint density at radius 1 is 0.885 bits per heavy atom. The van der Waals surface area contributed by atoms with Gasteiger partial charge in [-0.05, 0) is 29.8 Å². The molecule has 0 bridgehead atoms. The number of rotatable bonds is 5. The topological polar surface area (TPSA) is 70.1 Å². The summed E-state index contributed by atoms with van der Waals surface area (Å²) >= 11 is 0. The second-order valence-electron chi connectivity index (χ2n) is 6.16. The zero-order chi connectivity index (χ0) is 17.6. The quantitative estimate of drug-likeness (QED) is 0.759. The molecule has 0 atom stereocenters. The van der Waals surface area contributed by atoms with Gasteiger partial charge in [0.25, 0.3) is 0 Å². The van der Waals surface area contributed by atoms with Crippen molar-refractivity contribution in [2.24, 2.45) is 0 Å². The number of pyridine rings is 1. The monoisotopic (exact) mass is 347 g/mol. The van der Waals surface area contributed by atoms with Gasteiger partial charge in [0.2, 0.25) is 5.95 Å². The molecular formula is C19H21N7. The number of aromatic nitrogens is 4. The molecule has 0 radical (unpaired) electrons. The molecule has 4 rings (SSSR count). The van der Waals surface area contributed by atoms with Crippen LogP contribution in [0.5, 0.6) is 0 Å². The van der Waals surface area contributed by atoms with Crippen molar-refractivity contribution < 1.29 is 0 Å². The molecule has 7 nitrogen and oxygen atoms in total. The van der Waals surface area contributed by atoms with Gasteiger partial charge in [0.15, 0.2) is 5.82 Å². The summed E-state index contributed by atoms with van der Waals surface area (Å²) in [5.41, 5.74) is 2.41. The third-order valence-electron chi connectivity index (χ3n) is 4.45. The Kier molecular flexibility index (Phi) is 4.86. The average Bonchev–Trinajstić information content (AvgIpc) is 2.74. The summed E-state index contributed by atoms with van der Waals surface area (Å²) in [5, 5.41) is 11.6. The van der Waals surface area contributed by atoms with Crippen LogP contribution in [0.3, 0.4) is 0 Å². The number of hydrogen-bond acceptors (Lipinski definition) is 7. The van der Waals surface area contributed by atoms with Gasteiger partial charge in [-0.2, -0.15) is 10.1 Å². The van der Waals surface area contributed by atoms with Gasteiger partial charge in [-0.3, -0.25) is 4.98 Å². The van der Waals surface area contributed by atoms with Crippen molar-refractivity contribution in [3.05, 3.63) is 66.6 Å². The van der Waals surface area contributed by atoms with Crippen molar-refractivity contribution in [1.29, 1.82) is 0 Å². The summed E-state index contributed by atoms with van der Waals surface area (Å²) < 4.78 is 0. The highest BCUT2D eigenvalue weighted by molar-refractivity contribution is 5.48. The normalized spacial score (nSPS) is 14.3. The lowest BCUT2D eigenvalue weighted by Gasteiger charge is -2.35. The molecular weight excluding hydrogens is 326 g/mol. The van der Waals surface area contributed by atoms with Crippen molar-refractivity contribution in [1.82, 2.24) is 20.2 Å². The Hall–Kier alpha value is -3.22. The van der Waals surface area contributed by atoms with Gasteiger partial charge in [0.05, 0.1) is 6.20 Å². The van der Waals surface area contributed by atoms with Crippen molar-refractivity contribution in [3.63, 3.8) is 0 Å². The van der Waals surface area contributed by atoms with Crippen LogP contribution < -0.4 is 15.1 Å². The summed E-state index contributed by atoms with van der Waals surface area (Å²) in [5.74, 6) is 1.41. The molecule has 0 amide bonds. The Morgan fingerprint density at radius 2 is 1.62 bits per heavy atom. The molecule has 1 N–H and O–H groups in total. The molecule has 3 heterocycles. The Balaban J connectivity index is 1.36. The van der Waals surface area contributed by atoms with Crippen LogP contribution in [0.2, 0.25) is 0 Å². The number of nitrogens with zero attached hydrogens (tertiary/aromatic N) is 6. The number of piperazine rings is 1. The first-order valence-electron chi connectivity index (χ1n) is 8.76. The summed E-state index contributed by atoms with van der Waals surface area (Å²) in [6.45, 7) is 4.33. The van der Waals surface area contributed by atoms with Crippen molar-refractivity contribution in [3.8, 4) is 0 Å². The Labute approximate surface area is 152 Å². The molecule has 7 heteroatoms. The molecule has 1 aromatic carbocycles. The molecule has 1 aliphatic heterocycles. The lowest BCUT2D eigenvalue weighted by atomic mass is 10.2. The molecule has 3 aromatic rings. The number of nitrogens with one attached hydrogen (secondary N) is 1. The van der Waals surface area contributed by atoms with E-state index in [1.165, 1.54) is 5.69 Å². The molecule has 1 aliphatic rings.